The summed E-state index contributed by atoms with van der Waals surface area (Å²) in [5.74, 6) is 2.15. The van der Waals surface area contributed by atoms with Gasteiger partial charge in [-0.25, -0.2) is 15.0 Å². The van der Waals surface area contributed by atoms with Gasteiger partial charge in [-0.3, -0.25) is 0 Å². The van der Waals surface area contributed by atoms with Crippen LogP contribution in [0.3, 0.4) is 0 Å². The van der Waals surface area contributed by atoms with E-state index in [4.69, 9.17) is 15.0 Å². The lowest BCUT2D eigenvalue weighted by Crippen LogP contribution is -2.18. The minimum absolute atomic E-state index is 0.236. The molecule has 0 saturated carbocycles. The summed E-state index contributed by atoms with van der Waals surface area (Å²) in [6.45, 7) is 6.44. The van der Waals surface area contributed by atoms with Crippen LogP contribution < -0.4 is 0 Å². The standard InChI is InChI=1S/C35H29N3/c1-35(2,3)34-37-32(29-19-18-25-14-10-11-17-27(25)22-29)36-33(38-34)30-21-20-28(24-12-6-4-7-13-24)23-31(30)26-15-8-5-9-16-26/h4-23H,1-3H3. The van der Waals surface area contributed by atoms with Crippen LogP contribution in [-0.4, -0.2) is 15.0 Å². The summed E-state index contributed by atoms with van der Waals surface area (Å²) in [5, 5.41) is 2.37. The molecule has 0 amide bonds. The zero-order valence-corrected chi connectivity index (χ0v) is 21.9. The summed E-state index contributed by atoms with van der Waals surface area (Å²) in [5.41, 5.74) is 6.31. The summed E-state index contributed by atoms with van der Waals surface area (Å²) in [6, 6.07) is 42.3. The van der Waals surface area contributed by atoms with Crippen molar-refractivity contribution in [3.05, 3.63) is 127 Å². The smallest absolute Gasteiger partial charge is 0.164 e. The van der Waals surface area contributed by atoms with Gasteiger partial charge in [-0.05, 0) is 51.2 Å². The van der Waals surface area contributed by atoms with Crippen LogP contribution in [0.25, 0.3) is 55.8 Å². The molecule has 3 nitrogen and oxygen atoms in total. The van der Waals surface area contributed by atoms with Gasteiger partial charge in [0.1, 0.15) is 5.82 Å². The molecule has 3 heteroatoms. The fourth-order valence-electron chi connectivity index (χ4n) is 4.70. The number of nitrogens with zero attached hydrogens (tertiary/aromatic N) is 3. The molecule has 0 spiro atoms. The highest BCUT2D eigenvalue weighted by molar-refractivity contribution is 5.87. The zero-order valence-electron chi connectivity index (χ0n) is 21.9. The first-order valence-electron chi connectivity index (χ1n) is 13.0. The molecule has 1 heterocycles. The van der Waals surface area contributed by atoms with Crippen LogP contribution in [0.15, 0.2) is 121 Å². The first-order chi connectivity index (χ1) is 18.5. The highest BCUT2D eigenvalue weighted by Crippen LogP contribution is 2.36. The molecule has 0 aliphatic rings. The number of hydrogen-bond acceptors (Lipinski definition) is 3. The largest absolute Gasteiger partial charge is 0.212 e. The average Bonchev–Trinajstić information content (AvgIpc) is 2.97. The Balaban J connectivity index is 1.57. The predicted octanol–water partition coefficient (Wildman–Crippen LogP) is 8.99. The van der Waals surface area contributed by atoms with Crippen molar-refractivity contribution in [1.29, 1.82) is 0 Å². The maximum Gasteiger partial charge on any atom is 0.164 e. The van der Waals surface area contributed by atoms with E-state index in [1.54, 1.807) is 0 Å². The number of rotatable bonds is 4. The van der Waals surface area contributed by atoms with Gasteiger partial charge in [-0.1, -0.05) is 124 Å². The highest BCUT2D eigenvalue weighted by atomic mass is 15.0. The van der Waals surface area contributed by atoms with Crippen LogP contribution in [0.5, 0.6) is 0 Å². The molecule has 0 fully saturated rings. The van der Waals surface area contributed by atoms with Crippen LogP contribution in [-0.2, 0) is 5.41 Å². The molecule has 6 rings (SSSR count). The Morgan fingerprint density at radius 1 is 0.421 bits per heavy atom. The molecule has 0 N–H and O–H groups in total. The molecule has 0 saturated heterocycles. The SMILES string of the molecule is CC(C)(C)c1nc(-c2ccc3ccccc3c2)nc(-c2ccc(-c3ccccc3)cc2-c2ccccc2)n1. The van der Waals surface area contributed by atoms with Crippen molar-refractivity contribution in [3.63, 3.8) is 0 Å². The van der Waals surface area contributed by atoms with Gasteiger partial charge in [0, 0.05) is 16.5 Å². The van der Waals surface area contributed by atoms with E-state index < -0.39 is 0 Å². The van der Waals surface area contributed by atoms with Crippen molar-refractivity contribution in [2.45, 2.75) is 26.2 Å². The lowest BCUT2D eigenvalue weighted by Gasteiger charge is -2.19. The maximum atomic E-state index is 5.06. The average molecular weight is 492 g/mol. The second kappa shape index (κ2) is 9.68. The number of benzene rings is 5. The van der Waals surface area contributed by atoms with Crippen LogP contribution in [0.2, 0.25) is 0 Å². The van der Waals surface area contributed by atoms with Crippen molar-refractivity contribution >= 4 is 10.8 Å². The van der Waals surface area contributed by atoms with Crippen LogP contribution in [0.1, 0.15) is 26.6 Å². The van der Waals surface area contributed by atoms with E-state index in [0.717, 1.165) is 33.6 Å². The normalized spacial score (nSPS) is 11.6. The maximum absolute atomic E-state index is 5.06. The quantitative estimate of drug-likeness (QED) is 0.247. The van der Waals surface area contributed by atoms with E-state index in [1.165, 1.54) is 16.3 Å². The van der Waals surface area contributed by atoms with Gasteiger partial charge in [-0.15, -0.1) is 0 Å². The van der Waals surface area contributed by atoms with E-state index in [-0.39, 0.29) is 5.41 Å². The molecule has 0 aliphatic carbocycles. The predicted molar refractivity (Wildman–Crippen MR) is 158 cm³/mol. The third kappa shape index (κ3) is 4.71. The molecule has 0 bridgehead atoms. The van der Waals surface area contributed by atoms with E-state index in [2.05, 4.69) is 130 Å². The number of aromatic nitrogens is 3. The lowest BCUT2D eigenvalue weighted by molar-refractivity contribution is 0.543. The first kappa shape index (κ1) is 23.7. The number of fused-ring (bicyclic) bond motifs is 1. The first-order valence-corrected chi connectivity index (χ1v) is 13.0. The molecular formula is C35H29N3. The molecule has 38 heavy (non-hydrogen) atoms. The third-order valence-corrected chi connectivity index (χ3v) is 6.77. The van der Waals surface area contributed by atoms with Gasteiger partial charge in [-0.2, -0.15) is 0 Å². The van der Waals surface area contributed by atoms with Crippen molar-refractivity contribution < 1.29 is 0 Å². The van der Waals surface area contributed by atoms with Crippen LogP contribution in [0, 0.1) is 0 Å². The van der Waals surface area contributed by atoms with Gasteiger partial charge in [0.15, 0.2) is 11.6 Å². The molecule has 184 valence electrons. The molecule has 0 radical (unpaired) electrons. The summed E-state index contributed by atoms with van der Waals surface area (Å²) < 4.78 is 0. The van der Waals surface area contributed by atoms with Crippen molar-refractivity contribution in [1.82, 2.24) is 15.0 Å². The van der Waals surface area contributed by atoms with Crippen molar-refractivity contribution in [3.8, 4) is 45.0 Å². The summed E-state index contributed by atoms with van der Waals surface area (Å²) in [4.78, 5) is 15.0. The highest BCUT2D eigenvalue weighted by Gasteiger charge is 2.22. The van der Waals surface area contributed by atoms with Gasteiger partial charge in [0.2, 0.25) is 0 Å². The molecule has 6 aromatic rings. The minimum atomic E-state index is -0.236. The van der Waals surface area contributed by atoms with E-state index in [0.29, 0.717) is 11.6 Å². The van der Waals surface area contributed by atoms with Crippen molar-refractivity contribution in [2.75, 3.05) is 0 Å². The van der Waals surface area contributed by atoms with Crippen LogP contribution in [0.4, 0.5) is 0 Å². The molecule has 1 aromatic heterocycles. The molecule has 0 unspecified atom stereocenters. The van der Waals surface area contributed by atoms with Crippen molar-refractivity contribution in [2.24, 2.45) is 0 Å². The van der Waals surface area contributed by atoms with Gasteiger partial charge < -0.3 is 0 Å². The summed E-state index contributed by atoms with van der Waals surface area (Å²) in [7, 11) is 0. The summed E-state index contributed by atoms with van der Waals surface area (Å²) in [6.07, 6.45) is 0. The Kier molecular flexibility index (Phi) is 6.05. The molecule has 0 aliphatic heterocycles. The second-order valence-corrected chi connectivity index (χ2v) is 10.6. The van der Waals surface area contributed by atoms with E-state index >= 15 is 0 Å². The van der Waals surface area contributed by atoms with Gasteiger partial charge >= 0.3 is 0 Å². The Hall–Kier alpha value is -4.63. The fourth-order valence-corrected chi connectivity index (χ4v) is 4.70. The van der Waals surface area contributed by atoms with Gasteiger partial charge in [0.05, 0.1) is 0 Å². The second-order valence-electron chi connectivity index (χ2n) is 10.6. The minimum Gasteiger partial charge on any atom is -0.212 e. The van der Waals surface area contributed by atoms with E-state index in [1.807, 2.05) is 12.1 Å². The zero-order chi connectivity index (χ0) is 26.1. The third-order valence-electron chi connectivity index (χ3n) is 6.77. The molecular weight excluding hydrogens is 462 g/mol. The number of hydrogen-bond donors (Lipinski definition) is 0. The lowest BCUT2D eigenvalue weighted by atomic mass is 9.93. The fraction of sp³-hybridized carbons (Fsp3) is 0.114. The molecule has 5 aromatic carbocycles. The Labute approximate surface area is 223 Å². The Morgan fingerprint density at radius 2 is 1.03 bits per heavy atom. The summed E-state index contributed by atoms with van der Waals surface area (Å²) >= 11 is 0. The Bertz CT molecular complexity index is 1730. The van der Waals surface area contributed by atoms with E-state index in [9.17, 15) is 0 Å². The Morgan fingerprint density at radius 3 is 1.74 bits per heavy atom. The molecule has 0 atom stereocenters. The topological polar surface area (TPSA) is 38.7 Å². The monoisotopic (exact) mass is 491 g/mol. The van der Waals surface area contributed by atoms with Crippen LogP contribution >= 0.6 is 0 Å². The van der Waals surface area contributed by atoms with Gasteiger partial charge in [0.25, 0.3) is 0 Å².